The Balaban J connectivity index is 2.53. The molecule has 1 heterocycles. The number of alkyl halides is 3. The Morgan fingerprint density at radius 3 is 2.56 bits per heavy atom. The molecule has 0 spiro atoms. The van der Waals surface area contributed by atoms with Crippen molar-refractivity contribution in [3.8, 4) is 0 Å². The molecule has 0 aromatic rings. The second-order valence-electron chi connectivity index (χ2n) is 4.80. The van der Waals surface area contributed by atoms with Gasteiger partial charge in [0.25, 0.3) is 0 Å². The number of carbonyl (C=O) groups excluding carboxylic acids is 1. The topological polar surface area (TPSA) is 26.3 Å². The van der Waals surface area contributed by atoms with Crippen LogP contribution in [-0.2, 0) is 9.53 Å². The first kappa shape index (κ1) is 15.8. The van der Waals surface area contributed by atoms with E-state index >= 15 is 0 Å². The van der Waals surface area contributed by atoms with Gasteiger partial charge in [-0.2, -0.15) is 24.9 Å². The second kappa shape index (κ2) is 5.77. The van der Waals surface area contributed by atoms with Crippen molar-refractivity contribution in [1.29, 1.82) is 0 Å². The summed E-state index contributed by atoms with van der Waals surface area (Å²) in [5, 5.41) is 0. The molecule has 1 fully saturated rings. The fourth-order valence-corrected chi connectivity index (χ4v) is 3.94. The average Bonchev–Trinajstić information content (AvgIpc) is 2.38. The first-order valence-corrected chi connectivity index (χ1v) is 7.48. The van der Waals surface area contributed by atoms with E-state index in [1.54, 1.807) is 11.8 Å². The maximum atomic E-state index is 12.2. The van der Waals surface area contributed by atoms with Crippen LogP contribution in [0.15, 0.2) is 12.2 Å². The SMILES string of the molecule is C=C(C(=O)OC1CSCC(C)(C)CS1)C(F)(F)F. The van der Waals surface area contributed by atoms with Gasteiger partial charge in [0, 0.05) is 11.5 Å². The lowest BCUT2D eigenvalue weighted by Crippen LogP contribution is -2.25. The Hall–Kier alpha value is -0.300. The van der Waals surface area contributed by atoms with E-state index < -0.39 is 23.2 Å². The molecule has 0 aromatic heterocycles. The first-order valence-electron chi connectivity index (χ1n) is 5.28. The standard InChI is InChI=1S/C11H15F3O2S2/c1-7(11(12,13)14)9(15)16-8-4-17-5-10(2,3)6-18-8/h8H,1,4-6H2,2-3H3. The van der Waals surface area contributed by atoms with Crippen molar-refractivity contribution < 1.29 is 22.7 Å². The third kappa shape index (κ3) is 4.76. The van der Waals surface area contributed by atoms with E-state index in [2.05, 4.69) is 20.4 Å². The number of hydrogen-bond acceptors (Lipinski definition) is 4. The van der Waals surface area contributed by atoms with Crippen LogP contribution in [0.1, 0.15) is 13.8 Å². The van der Waals surface area contributed by atoms with E-state index in [0.717, 1.165) is 11.5 Å². The van der Waals surface area contributed by atoms with E-state index in [9.17, 15) is 18.0 Å². The molecule has 0 aromatic carbocycles. The molecule has 1 unspecified atom stereocenters. The number of esters is 1. The van der Waals surface area contributed by atoms with Crippen LogP contribution < -0.4 is 0 Å². The third-order valence-corrected chi connectivity index (χ3v) is 5.55. The van der Waals surface area contributed by atoms with Gasteiger partial charge in [0.1, 0.15) is 5.57 Å². The van der Waals surface area contributed by atoms with Gasteiger partial charge < -0.3 is 4.74 Å². The number of ether oxygens (including phenoxy) is 1. The van der Waals surface area contributed by atoms with Gasteiger partial charge in [-0.05, 0) is 11.2 Å². The van der Waals surface area contributed by atoms with Gasteiger partial charge in [-0.15, -0.1) is 11.8 Å². The first-order chi connectivity index (χ1) is 8.12. The van der Waals surface area contributed by atoms with E-state index in [1.165, 1.54) is 11.8 Å². The molecule has 0 saturated carbocycles. The van der Waals surface area contributed by atoms with Gasteiger partial charge >= 0.3 is 12.1 Å². The molecule has 7 heteroatoms. The van der Waals surface area contributed by atoms with Crippen LogP contribution in [0.4, 0.5) is 13.2 Å². The lowest BCUT2D eigenvalue weighted by atomic mass is 10.0. The molecule has 18 heavy (non-hydrogen) atoms. The Labute approximate surface area is 113 Å². The summed E-state index contributed by atoms with van der Waals surface area (Å²) in [4.78, 5) is 11.3. The molecule has 1 aliphatic rings. The Morgan fingerprint density at radius 1 is 1.39 bits per heavy atom. The predicted molar refractivity (Wildman–Crippen MR) is 68.6 cm³/mol. The van der Waals surface area contributed by atoms with Crippen LogP contribution >= 0.6 is 23.5 Å². The van der Waals surface area contributed by atoms with E-state index in [1.807, 2.05) is 0 Å². The highest BCUT2D eigenvalue weighted by Gasteiger charge is 2.39. The molecule has 0 aliphatic carbocycles. The number of rotatable bonds is 2. The van der Waals surface area contributed by atoms with Gasteiger partial charge in [0.15, 0.2) is 5.44 Å². The molecule has 0 amide bonds. The van der Waals surface area contributed by atoms with Gasteiger partial charge in [-0.3, -0.25) is 0 Å². The van der Waals surface area contributed by atoms with Crippen LogP contribution in [0.2, 0.25) is 0 Å². The molecular weight excluding hydrogens is 285 g/mol. The largest absolute Gasteiger partial charge is 0.447 e. The zero-order valence-corrected chi connectivity index (χ0v) is 11.8. The van der Waals surface area contributed by atoms with Gasteiger partial charge in [-0.1, -0.05) is 20.4 Å². The molecule has 1 saturated heterocycles. The lowest BCUT2D eigenvalue weighted by Gasteiger charge is -2.20. The summed E-state index contributed by atoms with van der Waals surface area (Å²) in [6.07, 6.45) is -4.72. The summed E-state index contributed by atoms with van der Waals surface area (Å²) in [5.41, 5.74) is -1.89. The summed E-state index contributed by atoms with van der Waals surface area (Å²) in [5.74, 6) is 0.774. The van der Waals surface area contributed by atoms with E-state index in [-0.39, 0.29) is 5.41 Å². The smallest absolute Gasteiger partial charge is 0.422 e. The minimum absolute atomic E-state index is 0.0948. The number of carbonyl (C=O) groups is 1. The van der Waals surface area contributed by atoms with Crippen molar-refractivity contribution in [2.75, 3.05) is 17.3 Å². The van der Waals surface area contributed by atoms with E-state index in [0.29, 0.717) is 5.75 Å². The van der Waals surface area contributed by atoms with Crippen molar-refractivity contribution in [1.82, 2.24) is 0 Å². The van der Waals surface area contributed by atoms with Crippen LogP contribution in [0, 0.1) is 5.41 Å². The fourth-order valence-electron chi connectivity index (χ4n) is 1.21. The fraction of sp³-hybridized carbons (Fsp3) is 0.727. The molecule has 2 nitrogen and oxygen atoms in total. The average molecular weight is 300 g/mol. The molecule has 104 valence electrons. The predicted octanol–water partition coefficient (Wildman–Crippen LogP) is 3.48. The van der Waals surface area contributed by atoms with Gasteiger partial charge in [-0.25, -0.2) is 4.79 Å². The quantitative estimate of drug-likeness (QED) is 0.576. The Bertz CT molecular complexity index is 340. The molecule has 0 N–H and O–H groups in total. The molecule has 1 rings (SSSR count). The number of thioether (sulfide) groups is 2. The zero-order chi connectivity index (χ0) is 14.0. The highest BCUT2D eigenvalue weighted by atomic mass is 32.2. The Morgan fingerprint density at radius 2 is 2.00 bits per heavy atom. The monoisotopic (exact) mass is 300 g/mol. The molecule has 1 atom stereocenters. The van der Waals surface area contributed by atoms with Crippen molar-refractivity contribution >= 4 is 29.5 Å². The number of halogens is 3. The summed E-state index contributed by atoms with van der Waals surface area (Å²) >= 11 is 2.96. The highest BCUT2D eigenvalue weighted by molar-refractivity contribution is 8.03. The van der Waals surface area contributed by atoms with Crippen LogP contribution in [0.5, 0.6) is 0 Å². The molecular formula is C11H15F3O2S2. The normalized spacial score (nSPS) is 24.2. The summed E-state index contributed by atoms with van der Waals surface area (Å²) in [7, 11) is 0. The third-order valence-electron chi connectivity index (χ3n) is 2.23. The molecule has 0 radical (unpaired) electrons. The number of hydrogen-bond donors (Lipinski definition) is 0. The van der Waals surface area contributed by atoms with Crippen molar-refractivity contribution in [3.05, 3.63) is 12.2 Å². The van der Waals surface area contributed by atoms with Gasteiger partial charge in [0.05, 0.1) is 0 Å². The lowest BCUT2D eigenvalue weighted by molar-refractivity contribution is -0.151. The minimum Gasteiger partial charge on any atom is -0.447 e. The zero-order valence-electron chi connectivity index (χ0n) is 10.2. The van der Waals surface area contributed by atoms with Gasteiger partial charge in [0.2, 0.25) is 0 Å². The minimum atomic E-state index is -4.72. The second-order valence-corrected chi connectivity index (χ2v) is 6.98. The summed E-state index contributed by atoms with van der Waals surface area (Å²) in [6.45, 7) is 6.88. The molecule has 1 aliphatic heterocycles. The van der Waals surface area contributed by atoms with Crippen molar-refractivity contribution in [2.45, 2.75) is 25.5 Å². The maximum absolute atomic E-state index is 12.2. The van der Waals surface area contributed by atoms with Crippen molar-refractivity contribution in [2.24, 2.45) is 5.41 Å². The van der Waals surface area contributed by atoms with Crippen LogP contribution in [-0.4, -0.2) is 34.8 Å². The Kier molecular flexibility index (Phi) is 5.05. The van der Waals surface area contributed by atoms with Crippen LogP contribution in [0.25, 0.3) is 0 Å². The maximum Gasteiger partial charge on any atom is 0.422 e. The van der Waals surface area contributed by atoms with E-state index in [4.69, 9.17) is 4.74 Å². The summed E-state index contributed by atoms with van der Waals surface area (Å²) < 4.78 is 41.6. The van der Waals surface area contributed by atoms with Crippen molar-refractivity contribution in [3.63, 3.8) is 0 Å². The summed E-state index contributed by atoms with van der Waals surface area (Å²) in [6, 6.07) is 0. The van der Waals surface area contributed by atoms with Crippen LogP contribution in [0.3, 0.4) is 0 Å². The highest BCUT2D eigenvalue weighted by Crippen LogP contribution is 2.35. The molecule has 0 bridgehead atoms.